The highest BCUT2D eigenvalue weighted by Gasteiger charge is 2.29. The van der Waals surface area contributed by atoms with E-state index in [1.54, 1.807) is 6.92 Å². The smallest absolute Gasteiger partial charge is 0.261 e. The van der Waals surface area contributed by atoms with Crippen LogP contribution in [0.2, 0.25) is 0 Å². The summed E-state index contributed by atoms with van der Waals surface area (Å²) in [5.74, 6) is 1.08. The molecule has 1 aromatic carbocycles. The summed E-state index contributed by atoms with van der Waals surface area (Å²) in [7, 11) is 0. The molecule has 1 aliphatic rings. The van der Waals surface area contributed by atoms with E-state index in [9.17, 15) is 4.79 Å². The maximum atomic E-state index is 12.2. The molecule has 3 N–H and O–H groups in total. The molecule has 1 aliphatic carbocycles. The summed E-state index contributed by atoms with van der Waals surface area (Å²) < 4.78 is 5.69. The van der Waals surface area contributed by atoms with Crippen LogP contribution in [0.5, 0.6) is 5.75 Å². The van der Waals surface area contributed by atoms with E-state index in [1.807, 2.05) is 31.2 Å². The molecule has 0 heterocycles. The predicted octanol–water partition coefficient (Wildman–Crippen LogP) is 2.43. The van der Waals surface area contributed by atoms with Crippen LogP contribution in [0.15, 0.2) is 24.3 Å². The zero-order valence-electron chi connectivity index (χ0n) is 12.7. The quantitative estimate of drug-likeness (QED) is 0.877. The molecule has 0 radical (unpaired) electrons. The first-order chi connectivity index (χ1) is 9.60. The monoisotopic (exact) mass is 312 g/mol. The minimum absolute atomic E-state index is 0. The second-order valence-corrected chi connectivity index (χ2v) is 5.62. The number of benzene rings is 1. The summed E-state index contributed by atoms with van der Waals surface area (Å²) in [6.07, 6.45) is 2.77. The molecular formula is C16H25ClN2O2. The third-order valence-corrected chi connectivity index (χ3v) is 3.96. The molecule has 5 heteroatoms. The molecule has 1 amide bonds. The van der Waals surface area contributed by atoms with Crippen LogP contribution >= 0.6 is 12.4 Å². The fourth-order valence-electron chi connectivity index (χ4n) is 2.76. The highest BCUT2D eigenvalue weighted by atomic mass is 35.5. The SMILES string of the molecule is Cc1cccc(OC(C)C(=O)NC2CCCC2CN)c1.Cl. The topological polar surface area (TPSA) is 64.3 Å². The lowest BCUT2D eigenvalue weighted by Crippen LogP contribution is -2.45. The van der Waals surface area contributed by atoms with Crippen molar-refractivity contribution in [2.45, 2.75) is 45.3 Å². The van der Waals surface area contributed by atoms with Gasteiger partial charge < -0.3 is 15.8 Å². The summed E-state index contributed by atoms with van der Waals surface area (Å²) in [5.41, 5.74) is 6.85. The number of nitrogens with one attached hydrogen (secondary N) is 1. The number of nitrogens with two attached hydrogens (primary N) is 1. The summed E-state index contributed by atoms with van der Waals surface area (Å²) in [6, 6.07) is 7.94. The molecule has 4 nitrogen and oxygen atoms in total. The standard InChI is InChI=1S/C16H24N2O2.ClH/c1-11-5-3-7-14(9-11)20-12(2)16(19)18-15-8-4-6-13(15)10-17;/h3,5,7,9,12-13,15H,4,6,8,10,17H2,1-2H3,(H,18,19);1H. The molecule has 1 aromatic rings. The van der Waals surface area contributed by atoms with E-state index >= 15 is 0 Å². The van der Waals surface area contributed by atoms with Gasteiger partial charge in [0.15, 0.2) is 6.10 Å². The van der Waals surface area contributed by atoms with Crippen LogP contribution in [0.1, 0.15) is 31.7 Å². The summed E-state index contributed by atoms with van der Waals surface area (Å²) in [6.45, 7) is 4.42. The van der Waals surface area contributed by atoms with Gasteiger partial charge in [0.05, 0.1) is 0 Å². The third kappa shape index (κ3) is 4.90. The van der Waals surface area contributed by atoms with E-state index in [4.69, 9.17) is 10.5 Å². The molecule has 0 aliphatic heterocycles. The molecule has 0 bridgehead atoms. The van der Waals surface area contributed by atoms with E-state index in [-0.39, 0.29) is 24.4 Å². The molecule has 0 aromatic heterocycles. The molecule has 0 saturated heterocycles. The number of hydrogen-bond donors (Lipinski definition) is 2. The van der Waals surface area contributed by atoms with Crippen molar-refractivity contribution in [1.82, 2.24) is 5.32 Å². The van der Waals surface area contributed by atoms with Crippen molar-refractivity contribution in [3.63, 3.8) is 0 Å². The number of rotatable bonds is 5. The first-order valence-corrected chi connectivity index (χ1v) is 7.34. The fraction of sp³-hybridized carbons (Fsp3) is 0.562. The van der Waals surface area contributed by atoms with Crippen molar-refractivity contribution in [3.8, 4) is 5.75 Å². The minimum atomic E-state index is -0.490. The first-order valence-electron chi connectivity index (χ1n) is 7.34. The van der Waals surface area contributed by atoms with E-state index in [2.05, 4.69) is 5.32 Å². The van der Waals surface area contributed by atoms with Gasteiger partial charge in [-0.1, -0.05) is 18.6 Å². The molecule has 1 fully saturated rings. The van der Waals surface area contributed by atoms with E-state index in [0.29, 0.717) is 12.5 Å². The maximum absolute atomic E-state index is 12.2. The van der Waals surface area contributed by atoms with Crippen molar-refractivity contribution >= 4 is 18.3 Å². The number of carbonyl (C=O) groups excluding carboxylic acids is 1. The van der Waals surface area contributed by atoms with Crippen LogP contribution in [0, 0.1) is 12.8 Å². The van der Waals surface area contributed by atoms with Gasteiger partial charge in [-0.05, 0) is 56.8 Å². The molecule has 3 atom stereocenters. The zero-order chi connectivity index (χ0) is 14.5. The molecule has 3 unspecified atom stereocenters. The Kier molecular flexibility index (Phi) is 6.99. The normalized spacial score (nSPS) is 22.2. The van der Waals surface area contributed by atoms with Crippen molar-refractivity contribution in [2.75, 3.05) is 6.54 Å². The lowest BCUT2D eigenvalue weighted by molar-refractivity contribution is -0.128. The van der Waals surface area contributed by atoms with Gasteiger partial charge in [-0.2, -0.15) is 0 Å². The van der Waals surface area contributed by atoms with Crippen LogP contribution in [0.3, 0.4) is 0 Å². The predicted molar refractivity (Wildman–Crippen MR) is 86.8 cm³/mol. The zero-order valence-corrected chi connectivity index (χ0v) is 13.5. The van der Waals surface area contributed by atoms with Gasteiger partial charge in [-0.25, -0.2) is 0 Å². The van der Waals surface area contributed by atoms with Gasteiger partial charge in [0.25, 0.3) is 5.91 Å². The third-order valence-electron chi connectivity index (χ3n) is 3.96. The van der Waals surface area contributed by atoms with E-state index in [0.717, 1.165) is 30.6 Å². The fourth-order valence-corrected chi connectivity index (χ4v) is 2.76. The van der Waals surface area contributed by atoms with Gasteiger partial charge in [0.1, 0.15) is 5.75 Å². The van der Waals surface area contributed by atoms with Crippen molar-refractivity contribution in [1.29, 1.82) is 0 Å². The van der Waals surface area contributed by atoms with Gasteiger partial charge in [-0.3, -0.25) is 4.79 Å². The van der Waals surface area contributed by atoms with Gasteiger partial charge in [0.2, 0.25) is 0 Å². The molecule has 118 valence electrons. The highest BCUT2D eigenvalue weighted by molar-refractivity contribution is 5.85. The Labute approximate surface area is 132 Å². The molecule has 2 rings (SSSR count). The summed E-state index contributed by atoms with van der Waals surface area (Å²) in [5, 5.41) is 3.07. The average molecular weight is 313 g/mol. The number of aryl methyl sites for hydroxylation is 1. The number of amides is 1. The first kappa shape index (κ1) is 17.8. The molecule has 1 saturated carbocycles. The number of ether oxygens (including phenoxy) is 1. The van der Waals surface area contributed by atoms with Crippen LogP contribution in [0.25, 0.3) is 0 Å². The molecule has 0 spiro atoms. The maximum Gasteiger partial charge on any atom is 0.261 e. The van der Waals surface area contributed by atoms with Gasteiger partial charge >= 0.3 is 0 Å². The van der Waals surface area contributed by atoms with E-state index < -0.39 is 6.10 Å². The number of halogens is 1. The van der Waals surface area contributed by atoms with Crippen LogP contribution in [0.4, 0.5) is 0 Å². The van der Waals surface area contributed by atoms with Crippen molar-refractivity contribution in [2.24, 2.45) is 11.7 Å². The average Bonchev–Trinajstić information content (AvgIpc) is 2.85. The summed E-state index contributed by atoms with van der Waals surface area (Å²) in [4.78, 5) is 12.2. The Hall–Kier alpha value is -1.26. The van der Waals surface area contributed by atoms with Crippen LogP contribution < -0.4 is 15.8 Å². The Morgan fingerprint density at radius 1 is 1.48 bits per heavy atom. The number of hydrogen-bond acceptors (Lipinski definition) is 3. The van der Waals surface area contributed by atoms with Gasteiger partial charge in [0, 0.05) is 6.04 Å². The van der Waals surface area contributed by atoms with Gasteiger partial charge in [-0.15, -0.1) is 12.4 Å². The van der Waals surface area contributed by atoms with Crippen molar-refractivity contribution in [3.05, 3.63) is 29.8 Å². The van der Waals surface area contributed by atoms with Crippen LogP contribution in [-0.2, 0) is 4.79 Å². The molecular weight excluding hydrogens is 288 g/mol. The second-order valence-electron chi connectivity index (χ2n) is 5.62. The minimum Gasteiger partial charge on any atom is -0.481 e. The lowest BCUT2D eigenvalue weighted by Gasteiger charge is -2.22. The Bertz CT molecular complexity index is 467. The Morgan fingerprint density at radius 3 is 2.90 bits per heavy atom. The largest absolute Gasteiger partial charge is 0.481 e. The lowest BCUT2D eigenvalue weighted by atomic mass is 10.0. The molecule has 21 heavy (non-hydrogen) atoms. The second kappa shape index (κ2) is 8.25. The highest BCUT2D eigenvalue weighted by Crippen LogP contribution is 2.24. The Balaban J connectivity index is 0.00000220. The number of carbonyl (C=O) groups is 1. The summed E-state index contributed by atoms with van der Waals surface area (Å²) >= 11 is 0. The van der Waals surface area contributed by atoms with Crippen LogP contribution in [-0.4, -0.2) is 24.6 Å². The van der Waals surface area contributed by atoms with E-state index in [1.165, 1.54) is 0 Å². The Morgan fingerprint density at radius 2 is 2.24 bits per heavy atom. The van der Waals surface area contributed by atoms with Crippen molar-refractivity contribution < 1.29 is 9.53 Å².